The van der Waals surface area contributed by atoms with E-state index in [1.54, 1.807) is 0 Å². The van der Waals surface area contributed by atoms with Crippen LogP contribution in [-0.4, -0.2) is 11.7 Å². The lowest BCUT2D eigenvalue weighted by atomic mass is 10.1. The molecule has 0 heterocycles. The first kappa shape index (κ1) is 30.6. The summed E-state index contributed by atoms with van der Waals surface area (Å²) in [6, 6.07) is 25.2. The zero-order chi connectivity index (χ0) is 19.8. The molecule has 3 rings (SSSR count). The fourth-order valence-corrected chi connectivity index (χ4v) is 1.97. The molecule has 1 heteroatoms. The zero-order valence-corrected chi connectivity index (χ0v) is 17.4. The van der Waals surface area contributed by atoms with Gasteiger partial charge in [-0.2, -0.15) is 0 Å². The van der Waals surface area contributed by atoms with Crippen LogP contribution in [0.5, 0.6) is 0 Å². The summed E-state index contributed by atoms with van der Waals surface area (Å²) in [6.07, 6.45) is 1.08. The Labute approximate surface area is 175 Å². The van der Waals surface area contributed by atoms with Crippen LogP contribution in [0.15, 0.2) is 72.8 Å². The molecule has 0 spiro atoms. The maximum Gasteiger partial charge on any atom is 0.0456 e. The summed E-state index contributed by atoms with van der Waals surface area (Å²) in [5.74, 6) is 0.491. The van der Waals surface area contributed by atoms with Crippen molar-refractivity contribution >= 4 is 10.8 Å². The first-order valence-corrected chi connectivity index (χ1v) is 9.64. The van der Waals surface area contributed by atoms with Gasteiger partial charge in [0.15, 0.2) is 0 Å². The van der Waals surface area contributed by atoms with Gasteiger partial charge in [-0.3, -0.25) is 0 Å². The first-order valence-electron chi connectivity index (χ1n) is 9.64. The first-order chi connectivity index (χ1) is 12.6. The summed E-state index contributed by atoms with van der Waals surface area (Å²) in [4.78, 5) is 0. The van der Waals surface area contributed by atoms with E-state index in [0.717, 1.165) is 6.42 Å². The van der Waals surface area contributed by atoms with Gasteiger partial charge in [-0.1, -0.05) is 133 Å². The third-order valence-corrected chi connectivity index (χ3v) is 3.85. The van der Waals surface area contributed by atoms with Gasteiger partial charge in [0.2, 0.25) is 0 Å². The highest BCUT2D eigenvalue weighted by Crippen LogP contribution is 2.14. The Morgan fingerprint density at radius 2 is 1.21 bits per heavy atom. The fourth-order valence-electron chi connectivity index (χ4n) is 1.97. The highest BCUT2D eigenvalue weighted by Gasteiger charge is 1.90. The molecule has 1 N–H and O–H groups in total. The molecule has 0 unspecified atom stereocenters. The Balaban J connectivity index is -0.000000326. The highest BCUT2D eigenvalue weighted by atomic mass is 16.3. The van der Waals surface area contributed by atoms with Gasteiger partial charge in [-0.05, 0) is 30.5 Å². The van der Waals surface area contributed by atoms with E-state index in [1.807, 2.05) is 39.0 Å². The van der Waals surface area contributed by atoms with Crippen LogP contribution in [0, 0.1) is 19.8 Å². The number of rotatable bonds is 2. The predicted octanol–water partition coefficient (Wildman–Crippen LogP) is 8.47. The lowest BCUT2D eigenvalue weighted by molar-refractivity contribution is 0.234. The normalized spacial score (nSPS) is 9.54. The summed E-state index contributed by atoms with van der Waals surface area (Å²) >= 11 is 0. The maximum atomic E-state index is 8.33. The molecule has 1 nitrogen and oxygen atoms in total. The van der Waals surface area contributed by atoms with Crippen molar-refractivity contribution in [1.29, 1.82) is 0 Å². The molecule has 28 heavy (non-hydrogen) atoms. The smallest absolute Gasteiger partial charge is 0.0456 e. The lowest BCUT2D eigenvalue weighted by Crippen LogP contribution is -1.96. The largest absolute Gasteiger partial charge is 0.396 e. The Morgan fingerprint density at radius 3 is 1.61 bits per heavy atom. The van der Waals surface area contributed by atoms with E-state index >= 15 is 0 Å². The predicted molar refractivity (Wildman–Crippen MR) is 131 cm³/mol. The molecule has 0 saturated heterocycles. The highest BCUT2D eigenvalue weighted by molar-refractivity contribution is 5.82. The second-order valence-corrected chi connectivity index (χ2v) is 6.20. The van der Waals surface area contributed by atoms with Crippen LogP contribution in [-0.2, 0) is 0 Å². The number of fused-ring (bicyclic) bond motifs is 1. The van der Waals surface area contributed by atoms with Crippen LogP contribution in [0.25, 0.3) is 10.8 Å². The Kier molecular flexibility index (Phi) is 21.5. The van der Waals surface area contributed by atoms with Crippen molar-refractivity contribution in [3.63, 3.8) is 0 Å². The van der Waals surface area contributed by atoms with E-state index in [2.05, 4.69) is 75.4 Å². The Bertz CT molecular complexity index is 685. The van der Waals surface area contributed by atoms with Crippen molar-refractivity contribution in [3.8, 4) is 0 Å². The minimum atomic E-state index is 0. The van der Waals surface area contributed by atoms with Gasteiger partial charge in [0.1, 0.15) is 0 Å². The molecule has 0 radical (unpaired) electrons. The van der Waals surface area contributed by atoms with Gasteiger partial charge >= 0.3 is 0 Å². The summed E-state index contributed by atoms with van der Waals surface area (Å²) in [6.45, 7) is 12.6. The monoisotopic (exact) mass is 384 g/mol. The van der Waals surface area contributed by atoms with Crippen molar-refractivity contribution < 1.29 is 5.11 Å². The molecule has 0 aliphatic rings. The molecule has 0 aliphatic heterocycles. The molecule has 0 fully saturated rings. The molecule has 1 atom stereocenters. The topological polar surface area (TPSA) is 20.2 Å². The second-order valence-electron chi connectivity index (χ2n) is 6.20. The quantitative estimate of drug-likeness (QED) is 0.469. The molecule has 158 valence electrons. The van der Waals surface area contributed by atoms with E-state index in [1.165, 1.54) is 21.9 Å². The van der Waals surface area contributed by atoms with Gasteiger partial charge in [-0.25, -0.2) is 0 Å². The summed E-state index contributed by atoms with van der Waals surface area (Å²) in [5, 5.41) is 11.0. The molecule has 0 bridgehead atoms. The molecular formula is C27H44O. The van der Waals surface area contributed by atoms with Gasteiger partial charge in [0, 0.05) is 6.61 Å². The second kappa shape index (κ2) is 19.6. The van der Waals surface area contributed by atoms with Crippen LogP contribution in [0.1, 0.15) is 60.1 Å². The number of aryl methyl sites for hydroxylation is 2. The van der Waals surface area contributed by atoms with Crippen molar-refractivity contribution in [2.24, 2.45) is 5.92 Å². The Hall–Kier alpha value is -2.12. The standard InChI is InChI=1S/C11H10.C7H8.C5H12O.C2H6.2CH4/c1-9-6-7-10-4-2-3-5-11(10)8-9;1-7-5-3-2-4-6-7;1-3-5(2)4-6;1-2;;/h2-8H,1H3;2-6H,1H3;5-6H,3-4H2,1-2H3;1-2H3;2*1H4/t;;5-;;;/m..0.../s1. The summed E-state index contributed by atoms with van der Waals surface area (Å²) in [5.41, 5.74) is 2.64. The lowest BCUT2D eigenvalue weighted by Gasteiger charge is -1.98. The molecule has 3 aromatic carbocycles. The molecule has 0 aromatic heterocycles. The third-order valence-electron chi connectivity index (χ3n) is 3.85. The van der Waals surface area contributed by atoms with E-state index in [9.17, 15) is 0 Å². The van der Waals surface area contributed by atoms with Crippen LogP contribution in [0.4, 0.5) is 0 Å². The minimum absolute atomic E-state index is 0. The number of hydrogen-bond donors (Lipinski definition) is 1. The summed E-state index contributed by atoms with van der Waals surface area (Å²) < 4.78 is 0. The van der Waals surface area contributed by atoms with Crippen molar-refractivity contribution in [2.45, 2.75) is 62.8 Å². The van der Waals surface area contributed by atoms with Crippen LogP contribution in [0.3, 0.4) is 0 Å². The zero-order valence-electron chi connectivity index (χ0n) is 17.4. The van der Waals surface area contributed by atoms with Gasteiger partial charge in [-0.15, -0.1) is 0 Å². The van der Waals surface area contributed by atoms with E-state index in [0.29, 0.717) is 12.5 Å². The van der Waals surface area contributed by atoms with Gasteiger partial charge in [0.05, 0.1) is 0 Å². The van der Waals surface area contributed by atoms with E-state index in [4.69, 9.17) is 5.11 Å². The number of benzene rings is 3. The van der Waals surface area contributed by atoms with Crippen molar-refractivity contribution in [3.05, 3.63) is 83.9 Å². The van der Waals surface area contributed by atoms with E-state index < -0.39 is 0 Å². The van der Waals surface area contributed by atoms with Gasteiger partial charge in [0.25, 0.3) is 0 Å². The molecule has 0 aliphatic carbocycles. The van der Waals surface area contributed by atoms with Crippen LogP contribution >= 0.6 is 0 Å². The Morgan fingerprint density at radius 1 is 0.714 bits per heavy atom. The van der Waals surface area contributed by atoms with Crippen LogP contribution < -0.4 is 0 Å². The SMILES string of the molecule is C.C.CC.CC[C@H](C)CO.Cc1ccc2ccccc2c1.Cc1ccccc1. The van der Waals surface area contributed by atoms with Gasteiger partial charge < -0.3 is 5.11 Å². The number of aliphatic hydroxyl groups is 1. The minimum Gasteiger partial charge on any atom is -0.396 e. The molecule has 3 aromatic rings. The maximum absolute atomic E-state index is 8.33. The average Bonchev–Trinajstić information content (AvgIpc) is 2.70. The number of hydrogen-bond acceptors (Lipinski definition) is 1. The summed E-state index contributed by atoms with van der Waals surface area (Å²) in [7, 11) is 0. The van der Waals surface area contributed by atoms with Crippen molar-refractivity contribution in [1.82, 2.24) is 0 Å². The molecule has 0 amide bonds. The molecule has 0 saturated carbocycles. The average molecular weight is 385 g/mol. The molecular weight excluding hydrogens is 340 g/mol. The third kappa shape index (κ3) is 14.0. The number of aliphatic hydroxyl groups excluding tert-OH is 1. The van der Waals surface area contributed by atoms with E-state index in [-0.39, 0.29) is 14.9 Å². The van der Waals surface area contributed by atoms with Crippen LogP contribution in [0.2, 0.25) is 0 Å². The van der Waals surface area contributed by atoms with Crippen molar-refractivity contribution in [2.75, 3.05) is 6.61 Å². The fraction of sp³-hybridized carbons (Fsp3) is 0.407.